The first-order chi connectivity index (χ1) is 8.93. The average molecular weight is 274 g/mol. The van der Waals surface area contributed by atoms with Crippen LogP contribution in [0.5, 0.6) is 5.75 Å². The lowest BCUT2D eigenvalue weighted by Crippen LogP contribution is -2.52. The summed E-state index contributed by atoms with van der Waals surface area (Å²) in [5.74, 6) is -6.81. The van der Waals surface area contributed by atoms with E-state index in [2.05, 4.69) is 5.32 Å². The van der Waals surface area contributed by atoms with Gasteiger partial charge in [-0.1, -0.05) is 0 Å². The number of aromatic hydroxyl groups is 1. The molecule has 2 N–H and O–H groups in total. The van der Waals surface area contributed by atoms with Crippen molar-refractivity contribution in [3.63, 3.8) is 0 Å². The van der Waals surface area contributed by atoms with Crippen LogP contribution in [0.15, 0.2) is 6.07 Å². The number of hydrogen-bond acceptors (Lipinski definition) is 3. The Morgan fingerprint density at radius 2 is 2.11 bits per heavy atom. The van der Waals surface area contributed by atoms with Gasteiger partial charge >= 0.3 is 0 Å². The predicted octanol–water partition coefficient (Wildman–Crippen LogP) is 1.24. The molecule has 1 saturated heterocycles. The first-order valence-corrected chi connectivity index (χ1v) is 5.81. The van der Waals surface area contributed by atoms with Crippen molar-refractivity contribution in [1.82, 2.24) is 10.2 Å². The molecular formula is C12H13F3N2O2. The zero-order valence-electron chi connectivity index (χ0n) is 10.2. The highest BCUT2D eigenvalue weighted by molar-refractivity contribution is 5.95. The van der Waals surface area contributed by atoms with E-state index < -0.39 is 34.7 Å². The summed E-state index contributed by atoms with van der Waals surface area (Å²) in [5, 5.41) is 12.2. The van der Waals surface area contributed by atoms with Crippen LogP contribution in [0.4, 0.5) is 13.2 Å². The molecule has 7 heteroatoms. The standard InChI is InChI=1S/C12H13F3N2O2/c1-6-5-16-2-3-17(6)12(19)7-4-8(13)10(15)11(18)9(7)14/h4,6,16,18H,2-3,5H2,1H3/t6-/m0/s1. The Bertz CT molecular complexity index is 522. The minimum Gasteiger partial charge on any atom is -0.503 e. The maximum atomic E-state index is 13.7. The van der Waals surface area contributed by atoms with Crippen molar-refractivity contribution in [3.8, 4) is 5.75 Å². The molecule has 0 spiro atoms. The number of carbonyl (C=O) groups excluding carboxylic acids is 1. The van der Waals surface area contributed by atoms with Crippen LogP contribution in [0.25, 0.3) is 0 Å². The number of phenols is 1. The Morgan fingerprint density at radius 3 is 2.74 bits per heavy atom. The minimum atomic E-state index is -1.69. The number of halogens is 3. The summed E-state index contributed by atoms with van der Waals surface area (Å²) in [7, 11) is 0. The van der Waals surface area contributed by atoms with Crippen LogP contribution in [-0.4, -0.2) is 41.6 Å². The molecule has 0 bridgehead atoms. The lowest BCUT2D eigenvalue weighted by molar-refractivity contribution is 0.0649. The summed E-state index contributed by atoms with van der Waals surface area (Å²) in [5.41, 5.74) is -0.662. The van der Waals surface area contributed by atoms with Gasteiger partial charge in [-0.25, -0.2) is 8.78 Å². The van der Waals surface area contributed by atoms with E-state index in [1.807, 2.05) is 0 Å². The molecule has 0 radical (unpaired) electrons. The predicted molar refractivity (Wildman–Crippen MR) is 61.3 cm³/mol. The maximum absolute atomic E-state index is 13.7. The summed E-state index contributed by atoms with van der Waals surface area (Å²) in [4.78, 5) is 13.5. The third-order valence-electron chi connectivity index (χ3n) is 3.13. The normalized spacial score (nSPS) is 19.6. The Balaban J connectivity index is 2.39. The number of piperazine rings is 1. The van der Waals surface area contributed by atoms with Gasteiger partial charge in [0.1, 0.15) is 0 Å². The third-order valence-corrected chi connectivity index (χ3v) is 3.13. The second kappa shape index (κ2) is 5.08. The quantitative estimate of drug-likeness (QED) is 0.758. The molecule has 0 aliphatic carbocycles. The van der Waals surface area contributed by atoms with Crippen molar-refractivity contribution in [1.29, 1.82) is 0 Å². The topological polar surface area (TPSA) is 52.6 Å². The monoisotopic (exact) mass is 274 g/mol. The van der Waals surface area contributed by atoms with Gasteiger partial charge in [0.25, 0.3) is 5.91 Å². The number of benzene rings is 1. The fraction of sp³-hybridized carbons (Fsp3) is 0.417. The molecule has 1 aromatic rings. The first kappa shape index (κ1) is 13.7. The number of nitrogens with one attached hydrogen (secondary N) is 1. The van der Waals surface area contributed by atoms with Gasteiger partial charge in [0, 0.05) is 25.7 Å². The van der Waals surface area contributed by atoms with E-state index in [1.165, 1.54) is 4.90 Å². The summed E-state index contributed by atoms with van der Waals surface area (Å²) in [6, 6.07) is 0.275. The van der Waals surface area contributed by atoms with Gasteiger partial charge in [0.15, 0.2) is 17.4 Å². The number of nitrogens with zero attached hydrogens (tertiary/aromatic N) is 1. The first-order valence-electron chi connectivity index (χ1n) is 5.81. The summed E-state index contributed by atoms with van der Waals surface area (Å²) in [6.07, 6.45) is 0. The SMILES string of the molecule is C[C@H]1CNCCN1C(=O)c1cc(F)c(F)c(O)c1F. The molecule has 19 heavy (non-hydrogen) atoms. The van der Waals surface area contributed by atoms with Crippen LogP contribution in [0.2, 0.25) is 0 Å². The van der Waals surface area contributed by atoms with Gasteiger partial charge in [-0.05, 0) is 13.0 Å². The Hall–Kier alpha value is -1.76. The number of amides is 1. The number of rotatable bonds is 1. The Kier molecular flexibility index (Phi) is 3.66. The Labute approximate surface area is 107 Å². The summed E-state index contributed by atoms with van der Waals surface area (Å²) < 4.78 is 39.8. The second-order valence-corrected chi connectivity index (χ2v) is 4.43. The smallest absolute Gasteiger partial charge is 0.257 e. The van der Waals surface area contributed by atoms with Gasteiger partial charge in [-0.2, -0.15) is 4.39 Å². The van der Waals surface area contributed by atoms with Gasteiger partial charge < -0.3 is 15.3 Å². The zero-order chi connectivity index (χ0) is 14.2. The highest BCUT2D eigenvalue weighted by atomic mass is 19.2. The molecule has 0 aromatic heterocycles. The molecule has 1 aliphatic rings. The molecule has 1 amide bonds. The van der Waals surface area contributed by atoms with Gasteiger partial charge in [0.05, 0.1) is 5.56 Å². The molecule has 1 aliphatic heterocycles. The van der Waals surface area contributed by atoms with Crippen molar-refractivity contribution < 1.29 is 23.1 Å². The lowest BCUT2D eigenvalue weighted by Gasteiger charge is -2.34. The molecule has 1 heterocycles. The largest absolute Gasteiger partial charge is 0.503 e. The number of carbonyl (C=O) groups is 1. The van der Waals surface area contributed by atoms with Crippen molar-refractivity contribution in [2.75, 3.05) is 19.6 Å². The third kappa shape index (κ3) is 2.37. The van der Waals surface area contributed by atoms with Crippen molar-refractivity contribution >= 4 is 5.91 Å². The van der Waals surface area contributed by atoms with Gasteiger partial charge in [-0.3, -0.25) is 4.79 Å². The van der Waals surface area contributed by atoms with Crippen LogP contribution >= 0.6 is 0 Å². The van der Waals surface area contributed by atoms with Crippen LogP contribution < -0.4 is 5.32 Å². The van der Waals surface area contributed by atoms with Gasteiger partial charge in [0.2, 0.25) is 5.82 Å². The molecule has 104 valence electrons. The average Bonchev–Trinajstić information content (AvgIpc) is 2.40. The van der Waals surface area contributed by atoms with Crippen molar-refractivity contribution in [2.24, 2.45) is 0 Å². The van der Waals surface area contributed by atoms with Crippen LogP contribution in [-0.2, 0) is 0 Å². The molecule has 2 rings (SSSR count). The van der Waals surface area contributed by atoms with Gasteiger partial charge in [-0.15, -0.1) is 0 Å². The molecule has 0 saturated carbocycles. The molecule has 4 nitrogen and oxygen atoms in total. The molecule has 0 unspecified atom stereocenters. The van der Waals surface area contributed by atoms with E-state index in [9.17, 15) is 18.0 Å². The number of hydrogen-bond donors (Lipinski definition) is 2. The lowest BCUT2D eigenvalue weighted by atomic mass is 10.1. The van der Waals surface area contributed by atoms with E-state index in [4.69, 9.17) is 5.11 Å². The van der Waals surface area contributed by atoms with Crippen molar-refractivity contribution in [3.05, 3.63) is 29.1 Å². The fourth-order valence-corrected chi connectivity index (χ4v) is 2.04. The van der Waals surface area contributed by atoms with E-state index in [-0.39, 0.29) is 6.04 Å². The molecule has 1 aromatic carbocycles. The van der Waals surface area contributed by atoms with Crippen LogP contribution in [0.1, 0.15) is 17.3 Å². The molecule has 1 atom stereocenters. The maximum Gasteiger partial charge on any atom is 0.257 e. The Morgan fingerprint density at radius 1 is 1.42 bits per heavy atom. The zero-order valence-corrected chi connectivity index (χ0v) is 10.2. The highest BCUT2D eigenvalue weighted by Gasteiger charge is 2.29. The fourth-order valence-electron chi connectivity index (χ4n) is 2.04. The highest BCUT2D eigenvalue weighted by Crippen LogP contribution is 2.27. The van der Waals surface area contributed by atoms with Crippen LogP contribution in [0.3, 0.4) is 0 Å². The van der Waals surface area contributed by atoms with E-state index in [0.717, 1.165) is 0 Å². The molecule has 1 fully saturated rings. The molecular weight excluding hydrogens is 261 g/mol. The van der Waals surface area contributed by atoms with E-state index >= 15 is 0 Å². The minimum absolute atomic E-state index is 0.198. The second-order valence-electron chi connectivity index (χ2n) is 4.43. The summed E-state index contributed by atoms with van der Waals surface area (Å²) >= 11 is 0. The van der Waals surface area contributed by atoms with Crippen LogP contribution in [0, 0.1) is 17.5 Å². The summed E-state index contributed by atoms with van der Waals surface area (Å²) in [6.45, 7) is 3.15. The number of phenolic OH excluding ortho intramolecular Hbond substituents is 1. The van der Waals surface area contributed by atoms with E-state index in [0.29, 0.717) is 25.7 Å². The van der Waals surface area contributed by atoms with Crippen molar-refractivity contribution in [2.45, 2.75) is 13.0 Å². The van der Waals surface area contributed by atoms with E-state index in [1.54, 1.807) is 6.92 Å².